The van der Waals surface area contributed by atoms with E-state index in [1.54, 1.807) is 74.0 Å². The summed E-state index contributed by atoms with van der Waals surface area (Å²) in [4.78, 5) is 64.5. The van der Waals surface area contributed by atoms with Gasteiger partial charge in [0.05, 0.1) is 41.2 Å². The van der Waals surface area contributed by atoms with Crippen molar-refractivity contribution in [2.75, 3.05) is 60.4 Å². The first-order valence-electron chi connectivity index (χ1n) is 24.7. The lowest BCUT2D eigenvalue weighted by molar-refractivity contribution is -0.164. The normalized spacial score (nSPS) is 20.8. The number of piperidine rings is 1. The molecule has 4 aromatic rings. The van der Waals surface area contributed by atoms with Crippen molar-refractivity contribution >= 4 is 58.4 Å². The number of methoxy groups -OCH3 is 1. The van der Waals surface area contributed by atoms with Crippen LogP contribution in [0.2, 0.25) is 5.02 Å². The number of rotatable bonds is 18. The van der Waals surface area contributed by atoms with Gasteiger partial charge < -0.3 is 44.9 Å². The van der Waals surface area contributed by atoms with Gasteiger partial charge in [0, 0.05) is 80.2 Å². The smallest absolute Gasteiger partial charge is 0.254 e. The minimum Gasteiger partial charge on any atom is -0.495 e. The summed E-state index contributed by atoms with van der Waals surface area (Å²) in [5, 5.41) is 19.1. The second-order valence-electron chi connectivity index (χ2n) is 20.1. The van der Waals surface area contributed by atoms with E-state index in [2.05, 4.69) is 74.5 Å². The SMILES string of the molecule is CC[C@@H]1C(=O)N(C)c2cnc(Nc3ccc(C(=O)NCCCCCOC4CCN(c5ncc(C(=O)NC6C(C)(C)C(Oc7ccc(C#N)c(Cl)c7)C6(C)C)cn5)CC4)cc3OC)nc2N1C1CCCC1. The molecule has 0 radical (unpaired) electrons. The Morgan fingerprint density at radius 1 is 0.914 bits per heavy atom. The molecule has 3 fully saturated rings. The summed E-state index contributed by atoms with van der Waals surface area (Å²) in [7, 11) is 3.35. The van der Waals surface area contributed by atoms with Gasteiger partial charge in [0.1, 0.15) is 35.4 Å². The maximum Gasteiger partial charge on any atom is 0.254 e. The molecule has 2 aliphatic carbocycles. The molecular weight excluding hydrogens is 910 g/mol. The van der Waals surface area contributed by atoms with Gasteiger partial charge in [0.25, 0.3) is 11.8 Å². The van der Waals surface area contributed by atoms with Gasteiger partial charge in [-0.15, -0.1) is 0 Å². The molecule has 70 heavy (non-hydrogen) atoms. The first-order valence-corrected chi connectivity index (χ1v) is 25.0. The van der Waals surface area contributed by atoms with E-state index in [0.29, 0.717) is 76.1 Å². The Balaban J connectivity index is 0.729. The maximum atomic E-state index is 13.4. The average molecular weight is 977 g/mol. The van der Waals surface area contributed by atoms with Crippen molar-refractivity contribution in [3.8, 4) is 17.6 Å². The highest BCUT2D eigenvalue weighted by Crippen LogP contribution is 2.55. The standard InChI is InChI=1S/C52H66ClN11O6/c1-8-40-46(67)62(6)41-31-56-49(60-43(41)64(40)35-14-10-11-15-35)59-39-19-17-32(26-42(39)68-7)44(65)55-22-12-9-13-25-69-36-20-23-63(24-21-36)50-57-29-34(30-58-50)45(66)61-47-51(2,3)48(52(47,4)5)70-37-18-16-33(28-54)38(53)27-37/h16-19,26-27,29-31,35-36,40,47-48H,8-15,20-25H2,1-7H3,(H,55,65)(H,61,66)(H,56,59,60)/t40-,47?,48?/m1/s1. The van der Waals surface area contributed by atoms with Gasteiger partial charge in [-0.05, 0) is 81.7 Å². The number of likely N-dealkylation sites (N-methyl/N-ethyl adjacent to an activating group) is 1. The van der Waals surface area contributed by atoms with E-state index < -0.39 is 10.8 Å². The Bertz CT molecular complexity index is 2560. The average Bonchev–Trinajstić information content (AvgIpc) is 3.90. The molecule has 8 rings (SSSR count). The van der Waals surface area contributed by atoms with Crippen molar-refractivity contribution in [1.82, 2.24) is 30.6 Å². The summed E-state index contributed by atoms with van der Waals surface area (Å²) in [6.45, 7) is 13.0. The number of nitrogens with zero attached hydrogens (tertiary/aromatic N) is 8. The summed E-state index contributed by atoms with van der Waals surface area (Å²) in [6, 6.07) is 12.2. The zero-order valence-electron chi connectivity index (χ0n) is 41.4. The fraction of sp³-hybridized carbons (Fsp3) is 0.538. The zero-order valence-corrected chi connectivity index (χ0v) is 42.1. The van der Waals surface area contributed by atoms with E-state index >= 15 is 0 Å². The molecule has 2 aliphatic heterocycles. The molecule has 3 N–H and O–H groups in total. The van der Waals surface area contributed by atoms with E-state index in [4.69, 9.17) is 30.8 Å². The van der Waals surface area contributed by atoms with E-state index in [0.717, 1.165) is 76.7 Å². The summed E-state index contributed by atoms with van der Waals surface area (Å²) in [5.74, 6) is 2.45. The fourth-order valence-electron chi connectivity index (χ4n) is 11.1. The molecule has 0 spiro atoms. The van der Waals surface area contributed by atoms with Gasteiger partial charge in [-0.2, -0.15) is 10.2 Å². The predicted octanol–water partition coefficient (Wildman–Crippen LogP) is 8.25. The molecule has 3 amide bonds. The van der Waals surface area contributed by atoms with Gasteiger partial charge in [-0.3, -0.25) is 14.4 Å². The van der Waals surface area contributed by atoms with Crippen molar-refractivity contribution < 1.29 is 28.6 Å². The van der Waals surface area contributed by atoms with Crippen molar-refractivity contribution in [3.63, 3.8) is 0 Å². The molecule has 2 saturated carbocycles. The van der Waals surface area contributed by atoms with Crippen molar-refractivity contribution in [2.24, 2.45) is 10.8 Å². The first kappa shape index (κ1) is 50.1. The Kier molecular flexibility index (Phi) is 15.3. The Morgan fingerprint density at radius 3 is 2.31 bits per heavy atom. The molecule has 18 heteroatoms. The van der Waals surface area contributed by atoms with E-state index in [1.165, 1.54) is 0 Å². The largest absolute Gasteiger partial charge is 0.495 e. The van der Waals surface area contributed by atoms with Crippen LogP contribution in [0.25, 0.3) is 0 Å². The molecule has 0 unspecified atom stereocenters. The number of hydrogen-bond donors (Lipinski definition) is 3. The number of fused-ring (bicyclic) bond motifs is 1. The van der Waals surface area contributed by atoms with Crippen LogP contribution >= 0.6 is 11.6 Å². The maximum absolute atomic E-state index is 13.4. The Labute approximate surface area is 416 Å². The first-order chi connectivity index (χ1) is 33.6. The van der Waals surface area contributed by atoms with Crippen LogP contribution in [0.1, 0.15) is 125 Å². The van der Waals surface area contributed by atoms with Crippen LogP contribution in [0, 0.1) is 22.2 Å². The highest BCUT2D eigenvalue weighted by Gasteiger charge is 2.64. The highest BCUT2D eigenvalue weighted by molar-refractivity contribution is 6.31. The number of benzene rings is 2. The van der Waals surface area contributed by atoms with Crippen molar-refractivity contribution in [1.29, 1.82) is 5.26 Å². The second-order valence-corrected chi connectivity index (χ2v) is 20.5. The third kappa shape index (κ3) is 10.4. The lowest BCUT2D eigenvalue weighted by Gasteiger charge is -2.63. The summed E-state index contributed by atoms with van der Waals surface area (Å²) < 4.78 is 18.3. The Hall–Kier alpha value is -6.25. The van der Waals surface area contributed by atoms with Crippen LogP contribution in [-0.2, 0) is 9.53 Å². The third-order valence-corrected chi connectivity index (χ3v) is 15.0. The number of aromatic nitrogens is 4. The number of unbranched alkanes of at least 4 members (excludes halogenated alkanes) is 2. The lowest BCUT2D eigenvalue weighted by atomic mass is 9.49. The van der Waals surface area contributed by atoms with Crippen LogP contribution in [0.15, 0.2) is 55.0 Å². The third-order valence-electron chi connectivity index (χ3n) is 14.6. The highest BCUT2D eigenvalue weighted by atomic mass is 35.5. The van der Waals surface area contributed by atoms with Crippen LogP contribution in [-0.4, -0.2) is 108 Å². The number of nitrogens with one attached hydrogen (secondary N) is 3. The van der Waals surface area contributed by atoms with E-state index in [9.17, 15) is 19.6 Å². The van der Waals surface area contributed by atoms with Crippen molar-refractivity contribution in [3.05, 3.63) is 76.7 Å². The monoisotopic (exact) mass is 975 g/mol. The van der Waals surface area contributed by atoms with Gasteiger partial charge in [0.15, 0.2) is 5.82 Å². The second kappa shape index (κ2) is 21.4. The van der Waals surface area contributed by atoms with E-state index in [-0.39, 0.29) is 48.1 Å². The summed E-state index contributed by atoms with van der Waals surface area (Å²) >= 11 is 6.25. The number of carbonyl (C=O) groups is 3. The van der Waals surface area contributed by atoms with Crippen LogP contribution in [0.5, 0.6) is 11.5 Å². The number of anilines is 5. The van der Waals surface area contributed by atoms with Gasteiger partial charge >= 0.3 is 0 Å². The van der Waals surface area contributed by atoms with Crippen LogP contribution < -0.4 is 40.1 Å². The number of ether oxygens (including phenoxy) is 3. The molecule has 372 valence electrons. The minimum atomic E-state index is -0.392. The molecule has 2 aromatic heterocycles. The topological polar surface area (TPSA) is 200 Å². The minimum absolute atomic E-state index is 0.0674. The van der Waals surface area contributed by atoms with Gasteiger partial charge in [-0.1, -0.05) is 59.1 Å². The molecule has 17 nitrogen and oxygen atoms in total. The summed E-state index contributed by atoms with van der Waals surface area (Å²) in [6.07, 6.45) is 14.2. The van der Waals surface area contributed by atoms with Crippen molar-refractivity contribution in [2.45, 2.75) is 129 Å². The molecule has 4 heterocycles. The molecule has 0 bridgehead atoms. The predicted molar refractivity (Wildman–Crippen MR) is 269 cm³/mol. The van der Waals surface area contributed by atoms with Gasteiger partial charge in [-0.25, -0.2) is 15.0 Å². The number of carbonyl (C=O) groups excluding carboxylic acids is 3. The van der Waals surface area contributed by atoms with Crippen LogP contribution in [0.4, 0.5) is 29.1 Å². The van der Waals surface area contributed by atoms with Gasteiger partial charge in [0.2, 0.25) is 17.8 Å². The van der Waals surface area contributed by atoms with Crippen LogP contribution in [0.3, 0.4) is 0 Å². The number of halogens is 1. The number of nitriles is 1. The molecule has 4 aliphatic rings. The summed E-state index contributed by atoms with van der Waals surface area (Å²) in [5.41, 5.74) is 1.81. The lowest BCUT2D eigenvalue weighted by Crippen LogP contribution is -2.74. The number of amides is 3. The van der Waals surface area contributed by atoms with E-state index in [1.807, 2.05) is 6.92 Å². The fourth-order valence-corrected chi connectivity index (χ4v) is 11.3. The molecular formula is C52H66ClN11O6. The quantitative estimate of drug-likeness (QED) is 0.0805. The molecule has 1 atom stereocenters. The Morgan fingerprint density at radius 2 is 1.64 bits per heavy atom. The molecule has 2 aromatic carbocycles. The number of hydrogen-bond acceptors (Lipinski definition) is 14. The zero-order chi connectivity index (χ0) is 49.7. The molecule has 1 saturated heterocycles.